The van der Waals surface area contributed by atoms with E-state index in [0.29, 0.717) is 23.1 Å². The molecule has 0 spiro atoms. The van der Waals surface area contributed by atoms with E-state index in [1.54, 1.807) is 12.3 Å². The van der Waals surface area contributed by atoms with Crippen LogP contribution < -0.4 is 15.5 Å². The number of tetrazole rings is 1. The summed E-state index contributed by atoms with van der Waals surface area (Å²) in [5.41, 5.74) is 8.08. The van der Waals surface area contributed by atoms with Crippen LogP contribution in [0.4, 0.5) is 23.0 Å². The first-order valence-electron chi connectivity index (χ1n) is 10.8. The fourth-order valence-electron chi connectivity index (χ4n) is 4.25. The van der Waals surface area contributed by atoms with Crippen LogP contribution in [0, 0.1) is 22.0 Å². The molecule has 2 aliphatic heterocycles. The molecule has 11 heteroatoms. The second-order valence-electron chi connectivity index (χ2n) is 8.67. The molecule has 0 atom stereocenters. The maximum absolute atomic E-state index is 12.0. The Hall–Kier alpha value is -3.24. The summed E-state index contributed by atoms with van der Waals surface area (Å²) in [4.78, 5) is 17.2. The van der Waals surface area contributed by atoms with Crippen molar-refractivity contribution in [1.82, 2.24) is 20.3 Å². The highest BCUT2D eigenvalue weighted by Crippen LogP contribution is 2.38. The van der Waals surface area contributed by atoms with Crippen LogP contribution in [0.5, 0.6) is 0 Å². The molecule has 4 rings (SSSR count). The Bertz CT molecular complexity index is 958. The normalized spacial score (nSPS) is 18.8. The van der Waals surface area contributed by atoms with Crippen LogP contribution in [0.15, 0.2) is 17.2 Å². The molecule has 1 aromatic carbocycles. The van der Waals surface area contributed by atoms with E-state index < -0.39 is 0 Å². The predicted molar refractivity (Wildman–Crippen MR) is 120 cm³/mol. The highest BCUT2D eigenvalue weighted by atomic mass is 16.6. The van der Waals surface area contributed by atoms with Gasteiger partial charge in [-0.05, 0) is 54.0 Å². The van der Waals surface area contributed by atoms with E-state index >= 15 is 0 Å². The largest absolute Gasteiger partial charge is 0.371 e. The number of hydrogen-bond donors (Lipinski definition) is 1. The predicted octanol–water partition coefficient (Wildman–Crippen LogP) is 2.52. The van der Waals surface area contributed by atoms with Gasteiger partial charge in [0.25, 0.3) is 11.6 Å². The minimum absolute atomic E-state index is 0.0538. The van der Waals surface area contributed by atoms with Gasteiger partial charge in [-0.2, -0.15) is 5.10 Å². The molecule has 31 heavy (non-hydrogen) atoms. The van der Waals surface area contributed by atoms with Crippen molar-refractivity contribution in [1.29, 1.82) is 0 Å². The summed E-state index contributed by atoms with van der Waals surface area (Å²) in [7, 11) is 0. The van der Waals surface area contributed by atoms with Crippen LogP contribution in [0.3, 0.4) is 0 Å². The van der Waals surface area contributed by atoms with Crippen LogP contribution in [0.1, 0.15) is 45.1 Å². The van der Waals surface area contributed by atoms with Gasteiger partial charge in [0.05, 0.1) is 11.1 Å². The fourth-order valence-corrected chi connectivity index (χ4v) is 4.25. The number of nitrogens with zero attached hydrogens (tertiary/aromatic N) is 8. The van der Waals surface area contributed by atoms with Gasteiger partial charge in [0.1, 0.15) is 5.69 Å². The molecule has 2 aliphatic rings. The first kappa shape index (κ1) is 21.0. The molecule has 0 aliphatic carbocycles. The Morgan fingerprint density at radius 3 is 2.16 bits per heavy atom. The number of benzene rings is 1. The number of nitro groups is 1. The maximum atomic E-state index is 12.0. The SMILES string of the molecule is CC1CCN(c2cc(N3CCC(C)CC3)c([N+](=O)[O-])cc2/C=N\n2nnnc2N)CC1. The first-order valence-corrected chi connectivity index (χ1v) is 10.8. The number of nitro benzene ring substituents is 1. The summed E-state index contributed by atoms with van der Waals surface area (Å²) >= 11 is 0. The molecule has 0 unspecified atom stereocenters. The lowest BCUT2D eigenvalue weighted by Crippen LogP contribution is -2.35. The molecule has 0 bridgehead atoms. The second-order valence-corrected chi connectivity index (χ2v) is 8.67. The number of nitrogens with two attached hydrogens (primary N) is 1. The number of rotatable bonds is 5. The molecule has 2 saturated heterocycles. The summed E-state index contributed by atoms with van der Waals surface area (Å²) in [5.74, 6) is 1.38. The van der Waals surface area contributed by atoms with E-state index in [9.17, 15) is 10.1 Å². The Morgan fingerprint density at radius 2 is 1.65 bits per heavy atom. The molecule has 0 radical (unpaired) electrons. The van der Waals surface area contributed by atoms with Crippen molar-refractivity contribution in [3.05, 3.63) is 27.8 Å². The van der Waals surface area contributed by atoms with E-state index in [2.05, 4.69) is 44.3 Å². The monoisotopic (exact) mass is 427 g/mol. The lowest BCUT2D eigenvalue weighted by molar-refractivity contribution is -0.384. The summed E-state index contributed by atoms with van der Waals surface area (Å²) < 4.78 is 0. The van der Waals surface area contributed by atoms with Crippen molar-refractivity contribution in [2.75, 3.05) is 41.7 Å². The average Bonchev–Trinajstić information content (AvgIpc) is 3.17. The van der Waals surface area contributed by atoms with Crippen molar-refractivity contribution < 1.29 is 4.92 Å². The molecule has 1 aromatic heterocycles. The van der Waals surface area contributed by atoms with E-state index in [4.69, 9.17) is 5.73 Å². The Balaban J connectivity index is 1.76. The standard InChI is InChI=1S/C20H29N9O2/c1-14-3-7-26(8-4-14)17-12-18(27-9-5-15(2)6-10-27)19(29(30)31)11-16(17)13-22-28-20(21)23-24-25-28/h11-15H,3-10H2,1-2H3,(H2,21,23,25)/b22-13-. The van der Waals surface area contributed by atoms with Crippen LogP contribution in [0.2, 0.25) is 0 Å². The zero-order valence-corrected chi connectivity index (χ0v) is 18.0. The van der Waals surface area contributed by atoms with Gasteiger partial charge in [-0.1, -0.05) is 23.7 Å². The zero-order valence-electron chi connectivity index (χ0n) is 18.0. The number of piperidine rings is 2. The third kappa shape index (κ3) is 4.59. The van der Waals surface area contributed by atoms with E-state index in [-0.39, 0.29) is 16.6 Å². The molecule has 11 nitrogen and oxygen atoms in total. The summed E-state index contributed by atoms with van der Waals surface area (Å²) in [6.07, 6.45) is 5.80. The van der Waals surface area contributed by atoms with Crippen molar-refractivity contribution >= 4 is 29.2 Å². The second kappa shape index (κ2) is 8.86. The van der Waals surface area contributed by atoms with Crippen molar-refractivity contribution in [2.45, 2.75) is 39.5 Å². The minimum Gasteiger partial charge on any atom is -0.371 e. The number of nitrogen functional groups attached to an aromatic ring is 1. The third-order valence-electron chi connectivity index (χ3n) is 6.35. The van der Waals surface area contributed by atoms with Gasteiger partial charge in [-0.25, -0.2) is 0 Å². The lowest BCUT2D eigenvalue weighted by Gasteiger charge is -2.35. The Morgan fingerprint density at radius 1 is 1.06 bits per heavy atom. The molecule has 0 amide bonds. The van der Waals surface area contributed by atoms with Gasteiger partial charge in [0.15, 0.2) is 0 Å². The number of aromatic nitrogens is 4. The van der Waals surface area contributed by atoms with Crippen molar-refractivity contribution in [3.8, 4) is 0 Å². The molecule has 2 N–H and O–H groups in total. The van der Waals surface area contributed by atoms with E-state index in [1.165, 1.54) is 0 Å². The van der Waals surface area contributed by atoms with Crippen LogP contribution in [-0.4, -0.2) is 57.6 Å². The summed E-state index contributed by atoms with van der Waals surface area (Å²) in [5, 5.41) is 27.0. The average molecular weight is 428 g/mol. The Kier molecular flexibility index (Phi) is 6.01. The van der Waals surface area contributed by atoms with E-state index in [0.717, 1.165) is 62.3 Å². The molecule has 2 aromatic rings. The smallest absolute Gasteiger partial charge is 0.293 e. The highest BCUT2D eigenvalue weighted by molar-refractivity contribution is 5.92. The molecular formula is C20H29N9O2. The highest BCUT2D eigenvalue weighted by Gasteiger charge is 2.27. The number of anilines is 3. The minimum atomic E-state index is -0.307. The number of hydrogen-bond acceptors (Lipinski definition) is 9. The summed E-state index contributed by atoms with van der Waals surface area (Å²) in [6.45, 7) is 7.96. The summed E-state index contributed by atoms with van der Waals surface area (Å²) in [6, 6.07) is 3.58. The van der Waals surface area contributed by atoms with Gasteiger partial charge >= 0.3 is 0 Å². The van der Waals surface area contributed by atoms with Crippen molar-refractivity contribution in [2.24, 2.45) is 16.9 Å². The van der Waals surface area contributed by atoms with Crippen molar-refractivity contribution in [3.63, 3.8) is 0 Å². The van der Waals surface area contributed by atoms with Gasteiger partial charge in [-0.15, -0.1) is 0 Å². The first-order chi connectivity index (χ1) is 14.9. The van der Waals surface area contributed by atoms with Gasteiger partial charge < -0.3 is 15.5 Å². The Labute approximate surface area is 181 Å². The van der Waals surface area contributed by atoms with Crippen LogP contribution in [0.25, 0.3) is 0 Å². The van der Waals surface area contributed by atoms with Crippen LogP contribution >= 0.6 is 0 Å². The lowest BCUT2D eigenvalue weighted by atomic mass is 9.96. The molecule has 166 valence electrons. The van der Waals surface area contributed by atoms with Crippen LogP contribution in [-0.2, 0) is 0 Å². The third-order valence-corrected chi connectivity index (χ3v) is 6.35. The topological polar surface area (TPSA) is 132 Å². The van der Waals surface area contributed by atoms with Gasteiger partial charge in [0.2, 0.25) is 0 Å². The zero-order chi connectivity index (χ0) is 22.0. The molecule has 0 saturated carbocycles. The molecular weight excluding hydrogens is 398 g/mol. The fraction of sp³-hybridized carbons (Fsp3) is 0.600. The molecule has 2 fully saturated rings. The molecule has 3 heterocycles. The van der Waals surface area contributed by atoms with Gasteiger partial charge in [-0.3, -0.25) is 10.1 Å². The van der Waals surface area contributed by atoms with E-state index in [1.807, 2.05) is 6.07 Å². The maximum Gasteiger partial charge on any atom is 0.293 e. The van der Waals surface area contributed by atoms with Gasteiger partial charge in [0, 0.05) is 43.5 Å². The quantitative estimate of drug-likeness (QED) is 0.437.